The zero-order valence-corrected chi connectivity index (χ0v) is 22.0. The molecule has 2 aromatic carbocycles. The normalized spacial score (nSPS) is 12.0. The van der Waals surface area contributed by atoms with Gasteiger partial charge in [0, 0.05) is 50.9 Å². The molecule has 0 saturated carbocycles. The fourth-order valence-electron chi connectivity index (χ4n) is 3.48. The predicted octanol–water partition coefficient (Wildman–Crippen LogP) is 4.32. The highest BCUT2D eigenvalue weighted by Crippen LogP contribution is 2.30. The molecule has 1 N–H and O–H groups in total. The Morgan fingerprint density at radius 2 is 1.58 bits per heavy atom. The molecule has 0 aliphatic rings. The molecule has 0 aliphatic heterocycles. The van der Waals surface area contributed by atoms with Gasteiger partial charge in [-0.25, -0.2) is 8.42 Å². The van der Waals surface area contributed by atoms with Gasteiger partial charge in [0.1, 0.15) is 10.6 Å². The molecule has 0 unspecified atom stereocenters. The van der Waals surface area contributed by atoms with Gasteiger partial charge in [-0.3, -0.25) is 25.7 Å². The monoisotopic (exact) mass is 520 g/mol. The molecule has 196 valence electrons. The Bertz CT molecular complexity index is 1230. The van der Waals surface area contributed by atoms with Gasteiger partial charge in [-0.05, 0) is 24.0 Å². The van der Waals surface area contributed by atoms with E-state index >= 15 is 0 Å². The van der Waals surface area contributed by atoms with Gasteiger partial charge in [0.25, 0.3) is 11.4 Å². The lowest BCUT2D eigenvalue weighted by Crippen LogP contribution is -2.37. The quantitative estimate of drug-likeness (QED) is 0.247. The molecular weight excluding hydrogens is 488 g/mol. The molecule has 0 atom stereocenters. The van der Waals surface area contributed by atoms with Crippen LogP contribution in [0.4, 0.5) is 22.7 Å². The fraction of sp³-hybridized carbons (Fsp3) is 0.435. The van der Waals surface area contributed by atoms with Crippen molar-refractivity contribution in [1.29, 1.82) is 0 Å². The van der Waals surface area contributed by atoms with E-state index in [4.69, 9.17) is 0 Å². The van der Waals surface area contributed by atoms with Crippen LogP contribution < -0.4 is 10.3 Å². The second kappa shape index (κ2) is 11.9. The summed E-state index contributed by atoms with van der Waals surface area (Å²) in [7, 11) is -0.727. The average Bonchev–Trinajstić information content (AvgIpc) is 2.77. The first-order chi connectivity index (χ1) is 16.7. The van der Waals surface area contributed by atoms with Crippen molar-refractivity contribution >= 4 is 39.0 Å². The van der Waals surface area contributed by atoms with Crippen LogP contribution in [0.1, 0.15) is 33.3 Å². The number of nitrogens with one attached hydrogen (secondary N) is 1. The summed E-state index contributed by atoms with van der Waals surface area (Å²) in [5.41, 5.74) is 3.04. The van der Waals surface area contributed by atoms with Crippen LogP contribution in [0.3, 0.4) is 0 Å². The minimum Gasteiger partial charge on any atom is -0.372 e. The minimum atomic E-state index is -4.11. The van der Waals surface area contributed by atoms with Crippen LogP contribution in [-0.4, -0.2) is 56.0 Å². The number of hydrazone groups is 1. The van der Waals surface area contributed by atoms with E-state index in [-0.39, 0.29) is 46.9 Å². The zero-order chi connectivity index (χ0) is 27.2. The molecule has 2 aromatic rings. The molecule has 0 fully saturated rings. The second-order valence-electron chi connectivity index (χ2n) is 9.32. The lowest BCUT2D eigenvalue weighted by molar-refractivity contribution is -0.385. The smallest absolute Gasteiger partial charge is 0.293 e. The van der Waals surface area contributed by atoms with Crippen molar-refractivity contribution in [3.05, 3.63) is 62.2 Å². The van der Waals surface area contributed by atoms with Gasteiger partial charge in [-0.1, -0.05) is 33.8 Å². The van der Waals surface area contributed by atoms with Crippen LogP contribution >= 0.6 is 0 Å². The highest BCUT2D eigenvalue weighted by molar-refractivity contribution is 7.89. The van der Waals surface area contributed by atoms with Crippen LogP contribution in [0, 0.1) is 32.1 Å². The van der Waals surface area contributed by atoms with Crippen LogP contribution in [0.5, 0.6) is 0 Å². The molecule has 2 rings (SSSR count). The summed E-state index contributed by atoms with van der Waals surface area (Å²) < 4.78 is 28.5. The SMILES string of the molecule is CC(C)CN(CC(C)C)S(=O)(=O)c1cc([N+](=O)[O-])ccc1N/N=C\c1ccc(N(C)C)c([N+](=O)[O-])c1. The van der Waals surface area contributed by atoms with Gasteiger partial charge in [-0.2, -0.15) is 9.41 Å². The van der Waals surface area contributed by atoms with E-state index in [0.717, 1.165) is 6.07 Å². The summed E-state index contributed by atoms with van der Waals surface area (Å²) in [5.74, 6) is 0.0696. The molecule has 0 heterocycles. The number of hydrogen-bond acceptors (Lipinski definition) is 9. The third-order valence-electron chi connectivity index (χ3n) is 5.01. The number of sulfonamides is 1. The van der Waals surface area contributed by atoms with E-state index in [1.165, 1.54) is 28.7 Å². The van der Waals surface area contributed by atoms with Gasteiger partial charge >= 0.3 is 0 Å². The first-order valence-corrected chi connectivity index (χ1v) is 12.7. The number of nitro groups is 2. The Kier molecular flexibility index (Phi) is 9.48. The summed E-state index contributed by atoms with van der Waals surface area (Å²) in [4.78, 5) is 23.0. The highest BCUT2D eigenvalue weighted by atomic mass is 32.2. The number of nitro benzene ring substituents is 2. The summed E-state index contributed by atoms with van der Waals surface area (Å²) in [5, 5.41) is 26.8. The van der Waals surface area contributed by atoms with E-state index < -0.39 is 19.9 Å². The number of non-ortho nitro benzene ring substituents is 1. The molecule has 36 heavy (non-hydrogen) atoms. The lowest BCUT2D eigenvalue weighted by Gasteiger charge is -2.26. The van der Waals surface area contributed by atoms with Crippen molar-refractivity contribution in [1.82, 2.24) is 4.31 Å². The topological polar surface area (TPSA) is 151 Å². The second-order valence-corrected chi connectivity index (χ2v) is 11.2. The molecular formula is C23H32N6O6S. The van der Waals surface area contributed by atoms with Crippen molar-refractivity contribution in [2.75, 3.05) is 37.5 Å². The van der Waals surface area contributed by atoms with Gasteiger partial charge in [-0.15, -0.1) is 0 Å². The average molecular weight is 521 g/mol. The predicted molar refractivity (Wildman–Crippen MR) is 140 cm³/mol. The lowest BCUT2D eigenvalue weighted by atomic mass is 10.2. The van der Waals surface area contributed by atoms with E-state index in [1.54, 1.807) is 31.1 Å². The third-order valence-corrected chi connectivity index (χ3v) is 6.88. The molecule has 12 nitrogen and oxygen atoms in total. The molecule has 0 radical (unpaired) electrons. The van der Waals surface area contributed by atoms with Gasteiger partial charge in [0.2, 0.25) is 10.0 Å². The van der Waals surface area contributed by atoms with Gasteiger partial charge < -0.3 is 4.90 Å². The number of rotatable bonds is 12. The molecule has 0 bridgehead atoms. The number of anilines is 2. The summed E-state index contributed by atoms with van der Waals surface area (Å²) in [6.07, 6.45) is 1.31. The van der Waals surface area contributed by atoms with Crippen molar-refractivity contribution < 1.29 is 18.3 Å². The van der Waals surface area contributed by atoms with Crippen LogP contribution in [-0.2, 0) is 10.0 Å². The molecule has 0 aromatic heterocycles. The third kappa shape index (κ3) is 7.21. The maximum Gasteiger partial charge on any atom is 0.293 e. The van der Waals surface area contributed by atoms with Gasteiger partial charge in [0.05, 0.1) is 21.7 Å². The Labute approximate surface area is 211 Å². The van der Waals surface area contributed by atoms with Crippen LogP contribution in [0.15, 0.2) is 46.4 Å². The van der Waals surface area contributed by atoms with Crippen molar-refractivity contribution in [3.63, 3.8) is 0 Å². The van der Waals surface area contributed by atoms with Gasteiger partial charge in [0.15, 0.2) is 0 Å². The van der Waals surface area contributed by atoms with Crippen molar-refractivity contribution in [2.45, 2.75) is 32.6 Å². The van der Waals surface area contributed by atoms with Crippen molar-refractivity contribution in [2.24, 2.45) is 16.9 Å². The minimum absolute atomic E-state index is 0.0348. The number of benzene rings is 2. The summed E-state index contributed by atoms with van der Waals surface area (Å²) >= 11 is 0. The fourth-order valence-corrected chi connectivity index (χ4v) is 5.40. The van der Waals surface area contributed by atoms with Crippen molar-refractivity contribution in [3.8, 4) is 0 Å². The maximum atomic E-state index is 13.6. The molecule has 13 heteroatoms. The first-order valence-electron chi connectivity index (χ1n) is 11.3. The largest absolute Gasteiger partial charge is 0.372 e. The first kappa shape index (κ1) is 28.7. The van der Waals surface area contributed by atoms with Crippen LogP contribution in [0.25, 0.3) is 0 Å². The van der Waals surface area contributed by atoms with E-state index in [2.05, 4.69) is 10.5 Å². The van der Waals surface area contributed by atoms with E-state index in [9.17, 15) is 28.6 Å². The summed E-state index contributed by atoms with van der Waals surface area (Å²) in [6.45, 7) is 8.05. The Balaban J connectivity index is 2.49. The summed E-state index contributed by atoms with van der Waals surface area (Å²) in [6, 6.07) is 8.04. The number of nitrogens with zero attached hydrogens (tertiary/aromatic N) is 5. The number of hydrogen-bond donors (Lipinski definition) is 1. The molecule has 0 spiro atoms. The molecule has 0 amide bonds. The Morgan fingerprint density at radius 3 is 2.08 bits per heavy atom. The molecule has 0 aliphatic carbocycles. The van der Waals surface area contributed by atoms with E-state index in [1.807, 2.05) is 27.7 Å². The highest BCUT2D eigenvalue weighted by Gasteiger charge is 2.30. The Hall–Kier alpha value is -3.58. The van der Waals surface area contributed by atoms with Crippen LogP contribution in [0.2, 0.25) is 0 Å². The zero-order valence-electron chi connectivity index (χ0n) is 21.2. The maximum absolute atomic E-state index is 13.6. The Morgan fingerprint density at radius 1 is 0.972 bits per heavy atom. The van der Waals surface area contributed by atoms with E-state index in [0.29, 0.717) is 11.3 Å². The standard InChI is InChI=1S/C23H32N6O6S/c1-16(2)14-27(15-17(3)4)36(34,35)23-12-19(28(30)31)8-9-20(23)25-24-13-18-7-10-21(26(5)6)22(11-18)29(32)33/h7-13,16-17,25H,14-15H2,1-6H3/b24-13-. The molecule has 0 saturated heterocycles.